The first-order valence-corrected chi connectivity index (χ1v) is 12.3. The molecule has 2 N–H and O–H groups in total. The number of ether oxygens (including phenoxy) is 1. The lowest BCUT2D eigenvalue weighted by atomic mass is 9.94. The number of benzene rings is 3. The zero-order valence-corrected chi connectivity index (χ0v) is 21.6. The number of halogens is 2. The minimum absolute atomic E-state index is 0.145. The highest BCUT2D eigenvalue weighted by molar-refractivity contribution is 6.42. The summed E-state index contributed by atoms with van der Waals surface area (Å²) in [5.41, 5.74) is 5.89. The molecular formula is C28H25Cl2N3O3. The molecule has 2 heterocycles. The number of aromatic hydroxyl groups is 1. The molecule has 8 heteroatoms. The molecule has 0 bridgehead atoms. The number of carbonyl (C=O) groups excluding carboxylic acids is 1. The first kappa shape index (κ1) is 24.2. The van der Waals surface area contributed by atoms with E-state index in [0.29, 0.717) is 45.5 Å². The monoisotopic (exact) mass is 521 g/mol. The van der Waals surface area contributed by atoms with E-state index in [2.05, 4.69) is 10.2 Å². The Morgan fingerprint density at radius 1 is 1.06 bits per heavy atom. The molecule has 1 atom stereocenters. The predicted octanol–water partition coefficient (Wildman–Crippen LogP) is 6.50. The van der Waals surface area contributed by atoms with Crippen LogP contribution in [0.1, 0.15) is 44.3 Å². The van der Waals surface area contributed by atoms with Gasteiger partial charge in [0, 0.05) is 17.7 Å². The molecule has 0 saturated heterocycles. The molecule has 5 rings (SSSR count). The number of amides is 1. The fourth-order valence-electron chi connectivity index (χ4n) is 4.84. The summed E-state index contributed by atoms with van der Waals surface area (Å²) < 4.78 is 5.25. The van der Waals surface area contributed by atoms with E-state index in [9.17, 15) is 9.90 Å². The fourth-order valence-corrected chi connectivity index (χ4v) is 5.15. The first-order chi connectivity index (χ1) is 17.3. The van der Waals surface area contributed by atoms with Gasteiger partial charge in [-0.05, 0) is 72.9 Å². The molecule has 0 radical (unpaired) electrons. The number of aromatic amines is 1. The topological polar surface area (TPSA) is 78.5 Å². The Morgan fingerprint density at radius 2 is 1.81 bits per heavy atom. The molecule has 36 heavy (non-hydrogen) atoms. The molecule has 4 aromatic rings. The van der Waals surface area contributed by atoms with Crippen molar-refractivity contribution >= 4 is 29.1 Å². The Labute approximate surface area is 219 Å². The number of phenols is 1. The normalized spacial score (nSPS) is 14.9. The third-order valence-corrected chi connectivity index (χ3v) is 7.36. The number of hydrogen-bond donors (Lipinski definition) is 2. The average Bonchev–Trinajstić information content (AvgIpc) is 3.41. The van der Waals surface area contributed by atoms with Crippen LogP contribution in [0.5, 0.6) is 11.5 Å². The lowest BCUT2D eigenvalue weighted by Crippen LogP contribution is -2.31. The summed E-state index contributed by atoms with van der Waals surface area (Å²) in [6.45, 7) is 4.28. The third kappa shape index (κ3) is 4.21. The van der Waals surface area contributed by atoms with Crippen LogP contribution in [0, 0.1) is 13.8 Å². The average molecular weight is 522 g/mol. The zero-order valence-electron chi connectivity index (χ0n) is 20.1. The minimum atomic E-state index is -0.450. The van der Waals surface area contributed by atoms with Crippen LogP contribution >= 0.6 is 23.2 Å². The van der Waals surface area contributed by atoms with E-state index in [1.807, 2.05) is 61.2 Å². The van der Waals surface area contributed by atoms with Gasteiger partial charge >= 0.3 is 0 Å². The summed E-state index contributed by atoms with van der Waals surface area (Å²) in [4.78, 5) is 15.4. The van der Waals surface area contributed by atoms with Crippen LogP contribution in [0.2, 0.25) is 10.0 Å². The molecule has 0 unspecified atom stereocenters. The van der Waals surface area contributed by atoms with Crippen molar-refractivity contribution in [2.45, 2.75) is 26.3 Å². The van der Waals surface area contributed by atoms with E-state index in [1.165, 1.54) is 0 Å². The van der Waals surface area contributed by atoms with Gasteiger partial charge in [0.05, 0.1) is 23.2 Å². The van der Waals surface area contributed by atoms with Crippen molar-refractivity contribution in [3.63, 3.8) is 0 Å². The van der Waals surface area contributed by atoms with E-state index in [0.717, 1.165) is 28.0 Å². The van der Waals surface area contributed by atoms with Gasteiger partial charge in [-0.15, -0.1) is 0 Å². The molecule has 0 fully saturated rings. The van der Waals surface area contributed by atoms with Crippen molar-refractivity contribution in [1.29, 1.82) is 0 Å². The minimum Gasteiger partial charge on any atom is -0.507 e. The van der Waals surface area contributed by atoms with Gasteiger partial charge in [0.15, 0.2) is 0 Å². The van der Waals surface area contributed by atoms with E-state index < -0.39 is 6.04 Å². The van der Waals surface area contributed by atoms with Gasteiger partial charge in [-0.3, -0.25) is 9.89 Å². The van der Waals surface area contributed by atoms with E-state index in [-0.39, 0.29) is 11.7 Å². The van der Waals surface area contributed by atoms with Crippen LogP contribution in [0.4, 0.5) is 0 Å². The van der Waals surface area contributed by atoms with E-state index in [4.69, 9.17) is 27.9 Å². The molecule has 1 aliphatic rings. The molecule has 0 saturated carbocycles. The SMILES string of the molecule is COc1ccc(CCN2C(=O)c3[nH]nc(-c4cc(C)cc(C)c4O)c3[C@H]2c2ccc(Cl)c(Cl)c2)cc1. The quantitative estimate of drug-likeness (QED) is 0.303. The Hall–Kier alpha value is -3.48. The Morgan fingerprint density at radius 3 is 2.50 bits per heavy atom. The maximum Gasteiger partial charge on any atom is 0.273 e. The number of methoxy groups -OCH3 is 1. The van der Waals surface area contributed by atoms with E-state index in [1.54, 1.807) is 19.2 Å². The second kappa shape index (κ2) is 9.52. The third-order valence-electron chi connectivity index (χ3n) is 6.62. The molecule has 1 aromatic heterocycles. The number of nitrogens with one attached hydrogen (secondary N) is 1. The van der Waals surface area contributed by atoms with Gasteiger partial charge in [-0.2, -0.15) is 5.10 Å². The van der Waals surface area contributed by atoms with Crippen molar-refractivity contribution in [1.82, 2.24) is 15.1 Å². The number of rotatable bonds is 6. The summed E-state index contributed by atoms with van der Waals surface area (Å²) in [6.07, 6.45) is 0.648. The predicted molar refractivity (Wildman–Crippen MR) is 141 cm³/mol. The van der Waals surface area contributed by atoms with Crippen molar-refractivity contribution in [2.75, 3.05) is 13.7 Å². The van der Waals surface area contributed by atoms with Crippen LogP contribution in [0.15, 0.2) is 54.6 Å². The fraction of sp³-hybridized carbons (Fsp3) is 0.214. The molecule has 6 nitrogen and oxygen atoms in total. The largest absolute Gasteiger partial charge is 0.507 e. The molecule has 0 spiro atoms. The number of aromatic nitrogens is 2. The van der Waals surface area contributed by atoms with Crippen LogP contribution in [-0.4, -0.2) is 39.8 Å². The Bertz CT molecular complexity index is 1460. The lowest BCUT2D eigenvalue weighted by Gasteiger charge is -2.27. The zero-order chi connectivity index (χ0) is 25.6. The van der Waals surface area contributed by atoms with Crippen molar-refractivity contribution in [3.8, 4) is 22.8 Å². The highest BCUT2D eigenvalue weighted by Gasteiger charge is 2.42. The van der Waals surface area contributed by atoms with Gasteiger partial charge in [0.1, 0.15) is 22.9 Å². The standard InChI is InChI=1S/C28H25Cl2N3O3/c1-15-12-16(2)27(34)20(13-15)24-23-25(32-31-24)28(35)33(11-10-17-4-7-19(36-3)8-5-17)26(23)18-6-9-21(29)22(30)14-18/h4-9,12-14,26,34H,10-11H2,1-3H3,(H,31,32)/t26-/m1/s1. The number of carbonyl (C=O) groups is 1. The first-order valence-electron chi connectivity index (χ1n) is 11.6. The lowest BCUT2D eigenvalue weighted by molar-refractivity contribution is 0.0746. The van der Waals surface area contributed by atoms with Crippen LogP contribution in [-0.2, 0) is 6.42 Å². The van der Waals surface area contributed by atoms with Gasteiger partial charge < -0.3 is 14.7 Å². The summed E-state index contributed by atoms with van der Waals surface area (Å²) in [5, 5.41) is 19.2. The summed E-state index contributed by atoms with van der Waals surface area (Å²) >= 11 is 12.6. The van der Waals surface area contributed by atoms with Crippen LogP contribution < -0.4 is 4.74 Å². The molecular weight excluding hydrogens is 497 g/mol. The van der Waals surface area contributed by atoms with Crippen molar-refractivity contribution < 1.29 is 14.6 Å². The number of nitrogens with zero attached hydrogens (tertiary/aromatic N) is 2. The van der Waals surface area contributed by atoms with Gasteiger partial charge in [-0.25, -0.2) is 0 Å². The highest BCUT2D eigenvalue weighted by Crippen LogP contribution is 2.46. The number of H-pyrrole nitrogens is 1. The maximum atomic E-state index is 13.6. The van der Waals surface area contributed by atoms with Gasteiger partial charge in [-0.1, -0.05) is 47.5 Å². The summed E-state index contributed by atoms with van der Waals surface area (Å²) in [5.74, 6) is 0.771. The highest BCUT2D eigenvalue weighted by atomic mass is 35.5. The Kier molecular flexibility index (Phi) is 6.41. The van der Waals surface area contributed by atoms with Crippen LogP contribution in [0.3, 0.4) is 0 Å². The van der Waals surface area contributed by atoms with Crippen LogP contribution in [0.25, 0.3) is 11.3 Å². The number of fused-ring (bicyclic) bond motifs is 1. The summed E-state index contributed by atoms with van der Waals surface area (Å²) in [6, 6.07) is 16.5. The van der Waals surface area contributed by atoms with Crippen molar-refractivity contribution in [2.24, 2.45) is 0 Å². The van der Waals surface area contributed by atoms with Gasteiger partial charge in [0.25, 0.3) is 5.91 Å². The smallest absolute Gasteiger partial charge is 0.273 e. The number of hydrogen-bond acceptors (Lipinski definition) is 4. The van der Waals surface area contributed by atoms with E-state index >= 15 is 0 Å². The molecule has 3 aromatic carbocycles. The molecule has 1 amide bonds. The summed E-state index contributed by atoms with van der Waals surface area (Å²) in [7, 11) is 1.63. The van der Waals surface area contributed by atoms with Gasteiger partial charge in [0.2, 0.25) is 0 Å². The number of aryl methyl sites for hydroxylation is 2. The molecule has 0 aliphatic carbocycles. The molecule has 184 valence electrons. The maximum absolute atomic E-state index is 13.6. The van der Waals surface area contributed by atoms with Crippen molar-refractivity contribution in [3.05, 3.63) is 98.2 Å². The molecule has 1 aliphatic heterocycles. The second-order valence-electron chi connectivity index (χ2n) is 9.01. The number of phenolic OH excluding ortho intramolecular Hbond substituents is 1. The second-order valence-corrected chi connectivity index (χ2v) is 9.83. The Balaban J connectivity index is 1.60.